The number of fused-ring (bicyclic) bond motifs is 20. The van der Waals surface area contributed by atoms with E-state index >= 15 is 0 Å². The smallest absolute Gasteiger partial charge is 0.305 e. The van der Waals surface area contributed by atoms with Crippen LogP contribution in [-0.2, 0) is 38.3 Å². The minimum atomic E-state index is -0.572. The van der Waals surface area contributed by atoms with Crippen LogP contribution >= 0.6 is 0 Å². The summed E-state index contributed by atoms with van der Waals surface area (Å²) in [6.45, 7) is 28.5. The van der Waals surface area contributed by atoms with Gasteiger partial charge in [-0.2, -0.15) is 0 Å². The summed E-state index contributed by atoms with van der Waals surface area (Å²) in [7, 11) is 1.43. The van der Waals surface area contributed by atoms with Crippen molar-refractivity contribution >= 4 is 41.4 Å². The van der Waals surface area contributed by atoms with Gasteiger partial charge in [0.1, 0.15) is 0 Å². The third-order valence-corrected chi connectivity index (χ3v) is 45.6. The Balaban J connectivity index is 0.426. The van der Waals surface area contributed by atoms with E-state index in [4.69, 9.17) is 4.74 Å². The van der Waals surface area contributed by atoms with Gasteiger partial charge in [-0.15, -0.1) is 0 Å². The summed E-state index contributed by atoms with van der Waals surface area (Å²) in [5, 5.41) is 122. The van der Waals surface area contributed by atoms with Crippen molar-refractivity contribution < 1.29 is 79.2 Å². The van der Waals surface area contributed by atoms with Crippen LogP contribution in [0, 0.1) is 185 Å². The lowest BCUT2D eigenvalue weighted by Gasteiger charge is -2.64. The van der Waals surface area contributed by atoms with E-state index in [0.717, 1.165) is 135 Å². The lowest BCUT2D eigenvalue weighted by molar-refractivity contribution is -0.205. The molecule has 0 saturated heterocycles. The molecule has 14 N–H and O–H groups in total. The zero-order valence-electron chi connectivity index (χ0n) is 84.3. The van der Waals surface area contributed by atoms with Gasteiger partial charge in [-0.3, -0.25) is 33.6 Å². The maximum atomic E-state index is 14.0. The number of nitrogens with one attached hydrogen (secondary N) is 6. The van der Waals surface area contributed by atoms with Crippen molar-refractivity contribution in [2.75, 3.05) is 26.7 Å². The lowest BCUT2D eigenvalue weighted by Crippen LogP contribution is -2.64. The van der Waals surface area contributed by atoms with Crippen LogP contribution in [0.25, 0.3) is 10.4 Å². The molecule has 0 aromatic heterocycles. The number of ether oxygens (including phenoxy) is 1. The molecule has 0 aliphatic heterocycles. The molecule has 0 aromatic rings. The van der Waals surface area contributed by atoms with E-state index in [1.54, 1.807) is 0 Å². The Labute approximate surface area is 801 Å². The molecule has 16 fully saturated rings. The number of amides is 6. The van der Waals surface area contributed by atoms with Gasteiger partial charge in [-0.05, 0) is 390 Å². The SMILES string of the molecule is COC(=O)CC[C@@H](C)[C@H]1CC[C@H]2[C@@H]3[C@H](O)C[C@@H]4[C@H](NC(=O)CCCNC(=O)CC[C@@H](C)[C@H]5CC[C@H]6[C@@H]7[C@H](O)C[C@@H]8[C@H](NC(=O)CCCNC(=O)CC[C@@H](C)[C@H]9CC[C@H]%10[C@@H]%11[C@H](O)C[C@@H]%12[C@H](NC(=O)CCCNC(=O)CC[C@@H](C)[C@H]%13CC[C@H]%14[C@@H]%15[C@H](O)C[C@@H]%16[C@H](N=[N+]=[N-])CCC[C@]%16(C)[C@H]%15C[C@H](O)[C@]%13%14C)CCC[C@]%12(C)[C@H]%11C[C@H](O)[C@]9%10C)CCC[C@]8(C)[C@H]7C[C@H](O)[C@]56C)CCC[C@]4(C)[C@H]3C[C@H](O)[C@]12C. The van der Waals surface area contributed by atoms with Crippen LogP contribution in [0.2, 0.25) is 0 Å². The lowest BCUT2D eigenvalue weighted by atomic mass is 9.42. The fourth-order valence-electron chi connectivity index (χ4n) is 38.7. The van der Waals surface area contributed by atoms with Crippen LogP contribution in [0.3, 0.4) is 0 Å². The monoisotopic (exact) mass is 1870 g/mol. The maximum absolute atomic E-state index is 14.0. The third-order valence-electron chi connectivity index (χ3n) is 45.6. The Morgan fingerprint density at radius 2 is 0.597 bits per heavy atom. The van der Waals surface area contributed by atoms with Gasteiger partial charge in [0.2, 0.25) is 35.4 Å². The summed E-state index contributed by atoms with van der Waals surface area (Å²) < 4.78 is 4.96. The molecule has 0 spiro atoms. The topological polar surface area (TPSA) is 412 Å². The van der Waals surface area contributed by atoms with Gasteiger partial charge in [0, 0.05) is 93.7 Å². The normalized spacial score (nSPS) is 47.4. The Morgan fingerprint density at radius 1 is 0.336 bits per heavy atom. The summed E-state index contributed by atoms with van der Waals surface area (Å²) in [5.74, 6) is 2.89. The molecular formula is C109H179N9O16. The second kappa shape index (κ2) is 40.6. The highest BCUT2D eigenvalue weighted by Crippen LogP contribution is 2.75. The number of hydrogen-bond acceptors (Lipinski definition) is 17. The first-order valence-electron chi connectivity index (χ1n) is 54.9. The summed E-state index contributed by atoms with van der Waals surface area (Å²) >= 11 is 0. The molecule has 0 unspecified atom stereocenters. The summed E-state index contributed by atoms with van der Waals surface area (Å²) in [6.07, 6.45) is 26.0. The summed E-state index contributed by atoms with van der Waals surface area (Å²) in [6, 6.07) is -0.371. The Bertz CT molecular complexity index is 4210. The molecule has 25 nitrogen and oxygen atoms in total. The molecule has 25 heteroatoms. The van der Waals surface area contributed by atoms with Crippen LogP contribution in [0.5, 0.6) is 0 Å². The van der Waals surface area contributed by atoms with Gasteiger partial charge in [-0.25, -0.2) is 0 Å². The van der Waals surface area contributed by atoms with E-state index in [1.165, 1.54) is 7.11 Å². The van der Waals surface area contributed by atoms with E-state index in [0.29, 0.717) is 135 Å². The van der Waals surface area contributed by atoms with Crippen molar-refractivity contribution in [3.05, 3.63) is 10.4 Å². The average Bonchev–Trinajstić information content (AvgIpc) is 1.45. The second-order valence-electron chi connectivity index (χ2n) is 50.9. The summed E-state index contributed by atoms with van der Waals surface area (Å²) in [5.41, 5.74) is 7.29. The van der Waals surface area contributed by atoms with Gasteiger partial charge < -0.3 is 77.5 Å². The molecule has 44 atom stereocenters. The molecule has 16 saturated carbocycles. The van der Waals surface area contributed by atoms with Crippen molar-refractivity contribution in [2.45, 2.75) is 426 Å². The van der Waals surface area contributed by atoms with Crippen molar-refractivity contribution in [3.63, 3.8) is 0 Å². The molecule has 134 heavy (non-hydrogen) atoms. The van der Waals surface area contributed by atoms with Gasteiger partial charge in [0.05, 0.1) is 55.9 Å². The molecule has 16 aliphatic carbocycles. The predicted molar refractivity (Wildman–Crippen MR) is 513 cm³/mol. The van der Waals surface area contributed by atoms with Crippen LogP contribution in [0.4, 0.5) is 0 Å². The van der Waals surface area contributed by atoms with Gasteiger partial charge in [-0.1, -0.05) is 114 Å². The fraction of sp³-hybridized carbons (Fsp3) is 0.936. The minimum Gasteiger partial charge on any atom is -0.469 e. The number of carbonyl (C=O) groups is 7. The van der Waals surface area contributed by atoms with Crippen LogP contribution < -0.4 is 31.9 Å². The van der Waals surface area contributed by atoms with Crippen molar-refractivity contribution in [2.24, 2.45) is 190 Å². The van der Waals surface area contributed by atoms with Crippen molar-refractivity contribution in [1.29, 1.82) is 0 Å². The molecule has 0 heterocycles. The van der Waals surface area contributed by atoms with Gasteiger partial charge in [0.15, 0.2) is 0 Å². The first-order chi connectivity index (χ1) is 63.7. The first-order valence-corrected chi connectivity index (χ1v) is 54.9. The number of azide groups is 1. The molecule has 0 bridgehead atoms. The predicted octanol–water partition coefficient (Wildman–Crippen LogP) is 15.0. The zero-order valence-corrected chi connectivity index (χ0v) is 84.3. The largest absolute Gasteiger partial charge is 0.469 e. The number of nitrogens with zero attached hydrogens (tertiary/aromatic N) is 3. The van der Waals surface area contributed by atoms with E-state index in [1.807, 2.05) is 0 Å². The van der Waals surface area contributed by atoms with E-state index in [9.17, 15) is 79.9 Å². The van der Waals surface area contributed by atoms with Crippen LogP contribution in [0.1, 0.15) is 353 Å². The second-order valence-corrected chi connectivity index (χ2v) is 50.9. The highest BCUT2D eigenvalue weighted by atomic mass is 16.5. The molecule has 16 rings (SSSR count). The Hall–Kier alpha value is -4.72. The standard InChI is InChI=1S/C109H179N9O16/c1-59(63-32-36-68-99-76(56-88(124)106(63,68)9)103(6)45-15-22-80(72(103)52-84(99)120)115-95(131)26-19-50-113-93(129)42-30-61(3)65-34-38-70-101-78(58-90(126)108(65,70)11)105(8)47-17-24-82(117-118-110)74(105)54-86(101)122)28-40-91(127)111-48-18-25-94(130)114-79-21-14-44-102(5)71(79)51-83(119)98-67-37-33-64(107(67,10)87(123)55-75(98)102)60(2)29-41-92(128)112-49-20-27-96(132)116-81-23-16-46-104(7)73(81)53-85(121)100-69-39-35-66(62(4)31-43-97(133)134-13)109(69,12)89(125)57-77(100)104/h59-90,98-101,119-126H,14-58H2,1-13H3,(H,111,127)(H,112,128)(H,113,129)(H,114,130)(H,115,131)(H,116,132)/t59-,60-,61-,62-,63-,64-,65-,66-,67+,68+,69+,70+,71-,72-,73-,74-,75+,76+,77+,78+,79-,80-,81-,82-,83-,84-,85-,86-,87+,88+,89+,90+,98+,99+,100+,101+,102+,103+,104+,105+,106-,107-,108-,109-/m1/s1. The summed E-state index contributed by atoms with van der Waals surface area (Å²) in [4.78, 5) is 97.6. The van der Waals surface area contributed by atoms with Crippen LogP contribution in [-0.4, -0.2) is 182 Å². The number of esters is 1. The minimum absolute atomic E-state index is 0.0288. The van der Waals surface area contributed by atoms with Crippen molar-refractivity contribution in [1.82, 2.24) is 31.9 Å². The number of carbonyl (C=O) groups excluding carboxylic acids is 7. The highest BCUT2D eigenvalue weighted by Gasteiger charge is 2.72. The molecule has 0 aromatic carbocycles. The molecule has 756 valence electrons. The van der Waals surface area contributed by atoms with Gasteiger partial charge in [0.25, 0.3) is 0 Å². The number of aliphatic hydroxyl groups is 8. The highest BCUT2D eigenvalue weighted by molar-refractivity contribution is 5.79. The van der Waals surface area contributed by atoms with E-state index in [-0.39, 0.29) is 259 Å². The quantitative estimate of drug-likeness (QED) is 0.00978. The molecular weight excluding hydrogens is 1690 g/mol. The van der Waals surface area contributed by atoms with Crippen LogP contribution in [0.15, 0.2) is 5.11 Å². The Morgan fingerprint density at radius 3 is 0.873 bits per heavy atom. The van der Waals surface area contributed by atoms with E-state index < -0.39 is 59.7 Å². The number of hydrogen-bond donors (Lipinski definition) is 14. The average molecular weight is 1870 g/mol. The first kappa shape index (κ1) is 102. The van der Waals surface area contributed by atoms with E-state index in [2.05, 4.69) is 125 Å². The van der Waals surface area contributed by atoms with Gasteiger partial charge >= 0.3 is 5.97 Å². The third kappa shape index (κ3) is 18.3. The Kier molecular flexibility index (Phi) is 31.0. The molecule has 6 amide bonds. The zero-order chi connectivity index (χ0) is 96.0. The number of rotatable bonds is 32. The maximum Gasteiger partial charge on any atom is 0.305 e. The number of aliphatic hydroxyl groups excluding tert-OH is 8. The number of methoxy groups -OCH3 is 1. The van der Waals surface area contributed by atoms with Crippen molar-refractivity contribution in [3.8, 4) is 0 Å². The molecule has 16 aliphatic rings. The fourth-order valence-corrected chi connectivity index (χ4v) is 38.7. The molecule has 0 radical (unpaired) electrons.